The molecule has 1 unspecified atom stereocenters. The van der Waals surface area contributed by atoms with Gasteiger partial charge in [-0.25, -0.2) is 0 Å². The van der Waals surface area contributed by atoms with Crippen LogP contribution < -0.4 is 5.32 Å². The van der Waals surface area contributed by atoms with Gasteiger partial charge in [0.05, 0.1) is 0 Å². The van der Waals surface area contributed by atoms with Gasteiger partial charge in [-0.05, 0) is 56.8 Å². The molecule has 3 saturated carbocycles. The zero-order valence-corrected chi connectivity index (χ0v) is 10.6. The average Bonchev–Trinajstić information content (AvgIpc) is 2.98. The zero-order chi connectivity index (χ0) is 11.0. The minimum atomic E-state index is 0.848. The molecule has 3 fully saturated rings. The van der Waals surface area contributed by atoms with Crippen LogP contribution in [-0.2, 0) is 0 Å². The van der Waals surface area contributed by atoms with E-state index in [1.807, 2.05) is 0 Å². The summed E-state index contributed by atoms with van der Waals surface area (Å²) in [4.78, 5) is 0. The van der Waals surface area contributed by atoms with Gasteiger partial charge in [0.25, 0.3) is 0 Å². The smallest absolute Gasteiger partial charge is 0.0259 e. The molecule has 0 heterocycles. The van der Waals surface area contributed by atoms with Crippen molar-refractivity contribution in [3.63, 3.8) is 0 Å². The van der Waals surface area contributed by atoms with Crippen LogP contribution in [0.5, 0.6) is 0 Å². The second kappa shape index (κ2) is 4.43. The molecule has 0 amide bonds. The molecular weight excluding hydrogens is 194 g/mol. The van der Waals surface area contributed by atoms with Crippen LogP contribution in [0.1, 0.15) is 64.7 Å². The first-order valence-corrected chi connectivity index (χ1v) is 7.31. The Morgan fingerprint density at radius 3 is 2.44 bits per heavy atom. The van der Waals surface area contributed by atoms with E-state index in [2.05, 4.69) is 12.2 Å². The van der Waals surface area contributed by atoms with Crippen molar-refractivity contribution < 1.29 is 0 Å². The molecule has 0 radical (unpaired) electrons. The highest BCUT2D eigenvalue weighted by Crippen LogP contribution is 2.39. The van der Waals surface area contributed by atoms with Crippen LogP contribution in [0.3, 0.4) is 0 Å². The third-order valence-electron chi connectivity index (χ3n) is 4.62. The van der Waals surface area contributed by atoms with Gasteiger partial charge in [-0.3, -0.25) is 0 Å². The molecule has 90 valence electrons. The first-order valence-electron chi connectivity index (χ1n) is 7.31. The van der Waals surface area contributed by atoms with Gasteiger partial charge in [0.15, 0.2) is 0 Å². The summed E-state index contributed by atoms with van der Waals surface area (Å²) in [5, 5.41) is 3.86. The van der Waals surface area contributed by atoms with Gasteiger partial charge < -0.3 is 5.32 Å². The summed E-state index contributed by atoms with van der Waals surface area (Å²) in [5.74, 6) is 1.84. The predicted octanol–water partition coefficient (Wildman–Crippen LogP) is 4.00. The molecule has 3 aliphatic rings. The molecule has 0 spiro atoms. The lowest BCUT2D eigenvalue weighted by molar-refractivity contribution is 0.299. The Bertz CT molecular complexity index is 282. The number of allylic oxidation sites excluding steroid dienone is 2. The molecule has 1 N–H and O–H groups in total. The third-order valence-corrected chi connectivity index (χ3v) is 4.62. The fourth-order valence-corrected chi connectivity index (χ4v) is 3.28. The van der Waals surface area contributed by atoms with E-state index in [0.717, 1.165) is 17.9 Å². The Balaban J connectivity index is 1.70. The lowest BCUT2D eigenvalue weighted by atomic mass is 9.77. The summed E-state index contributed by atoms with van der Waals surface area (Å²) >= 11 is 0. The van der Waals surface area contributed by atoms with Gasteiger partial charge in [0, 0.05) is 11.7 Å². The lowest BCUT2D eigenvalue weighted by Gasteiger charge is -2.33. The van der Waals surface area contributed by atoms with Crippen molar-refractivity contribution in [3.05, 3.63) is 11.3 Å². The first kappa shape index (κ1) is 10.7. The van der Waals surface area contributed by atoms with E-state index in [1.54, 1.807) is 11.3 Å². The molecule has 3 rings (SSSR count). The van der Waals surface area contributed by atoms with E-state index in [4.69, 9.17) is 0 Å². The van der Waals surface area contributed by atoms with Crippen LogP contribution >= 0.6 is 0 Å². The van der Waals surface area contributed by atoms with E-state index >= 15 is 0 Å². The number of rotatable bonds is 3. The largest absolute Gasteiger partial charge is 0.385 e. The van der Waals surface area contributed by atoms with Crippen LogP contribution in [0.2, 0.25) is 0 Å². The lowest BCUT2D eigenvalue weighted by Crippen LogP contribution is -2.29. The molecule has 0 bridgehead atoms. The minimum absolute atomic E-state index is 0.848. The van der Waals surface area contributed by atoms with Gasteiger partial charge >= 0.3 is 0 Å². The van der Waals surface area contributed by atoms with Crippen molar-refractivity contribution in [1.82, 2.24) is 5.32 Å². The maximum Gasteiger partial charge on any atom is 0.0259 e. The molecule has 1 heteroatoms. The summed E-state index contributed by atoms with van der Waals surface area (Å²) < 4.78 is 0. The highest BCUT2D eigenvalue weighted by molar-refractivity contribution is 5.22. The fraction of sp³-hybridized carbons (Fsp3) is 0.867. The van der Waals surface area contributed by atoms with Crippen LogP contribution in [-0.4, -0.2) is 6.04 Å². The first-order chi connectivity index (χ1) is 7.83. The SMILES string of the molecule is CC1CCC[C@H](C(NC2CC2)=C2CCC2)C1. The maximum atomic E-state index is 3.86. The Hall–Kier alpha value is -0.460. The van der Waals surface area contributed by atoms with E-state index in [0.29, 0.717) is 0 Å². The normalized spacial score (nSPS) is 34.4. The van der Waals surface area contributed by atoms with E-state index in [1.165, 1.54) is 57.8 Å². The number of hydrogen-bond donors (Lipinski definition) is 1. The molecular formula is C15H25N. The molecule has 2 atom stereocenters. The van der Waals surface area contributed by atoms with Crippen molar-refractivity contribution >= 4 is 0 Å². The number of hydrogen-bond acceptors (Lipinski definition) is 1. The van der Waals surface area contributed by atoms with Crippen LogP contribution in [0.4, 0.5) is 0 Å². The topological polar surface area (TPSA) is 12.0 Å². The van der Waals surface area contributed by atoms with E-state index in [-0.39, 0.29) is 0 Å². The Morgan fingerprint density at radius 2 is 1.88 bits per heavy atom. The zero-order valence-electron chi connectivity index (χ0n) is 10.6. The van der Waals surface area contributed by atoms with E-state index < -0.39 is 0 Å². The van der Waals surface area contributed by atoms with Crippen molar-refractivity contribution in [3.8, 4) is 0 Å². The van der Waals surface area contributed by atoms with Gasteiger partial charge in [0.2, 0.25) is 0 Å². The second-order valence-electron chi connectivity index (χ2n) is 6.26. The molecule has 1 nitrogen and oxygen atoms in total. The summed E-state index contributed by atoms with van der Waals surface area (Å²) in [6.45, 7) is 2.44. The van der Waals surface area contributed by atoms with Gasteiger partial charge in [-0.2, -0.15) is 0 Å². The van der Waals surface area contributed by atoms with Crippen LogP contribution in [0.15, 0.2) is 11.3 Å². The molecule has 0 aromatic heterocycles. The molecule has 0 saturated heterocycles. The highest BCUT2D eigenvalue weighted by Gasteiger charge is 2.30. The third kappa shape index (κ3) is 2.28. The number of nitrogens with one attached hydrogen (secondary N) is 1. The molecule has 3 aliphatic carbocycles. The second-order valence-corrected chi connectivity index (χ2v) is 6.26. The Kier molecular flexibility index (Phi) is 2.95. The summed E-state index contributed by atoms with van der Waals surface area (Å²) in [6, 6.07) is 0.848. The Labute approximate surface area is 99.7 Å². The molecule has 16 heavy (non-hydrogen) atoms. The average molecular weight is 219 g/mol. The molecule has 0 aromatic rings. The van der Waals surface area contributed by atoms with Crippen molar-refractivity contribution in [2.24, 2.45) is 11.8 Å². The van der Waals surface area contributed by atoms with Gasteiger partial charge in [0.1, 0.15) is 0 Å². The van der Waals surface area contributed by atoms with E-state index in [9.17, 15) is 0 Å². The summed E-state index contributed by atoms with van der Waals surface area (Å²) in [5.41, 5.74) is 3.49. The predicted molar refractivity (Wildman–Crippen MR) is 68.2 cm³/mol. The Morgan fingerprint density at radius 1 is 1.06 bits per heavy atom. The maximum absolute atomic E-state index is 3.86. The van der Waals surface area contributed by atoms with Crippen LogP contribution in [0.25, 0.3) is 0 Å². The highest BCUT2D eigenvalue weighted by atomic mass is 15.0. The fourth-order valence-electron chi connectivity index (χ4n) is 3.28. The molecule has 0 aliphatic heterocycles. The van der Waals surface area contributed by atoms with Crippen molar-refractivity contribution in [1.29, 1.82) is 0 Å². The minimum Gasteiger partial charge on any atom is -0.385 e. The monoisotopic (exact) mass is 219 g/mol. The van der Waals surface area contributed by atoms with Crippen molar-refractivity contribution in [2.75, 3.05) is 0 Å². The molecule has 0 aromatic carbocycles. The van der Waals surface area contributed by atoms with Gasteiger partial charge in [-0.1, -0.05) is 25.3 Å². The summed E-state index contributed by atoms with van der Waals surface area (Å²) in [7, 11) is 0. The van der Waals surface area contributed by atoms with Crippen molar-refractivity contribution in [2.45, 2.75) is 70.8 Å². The van der Waals surface area contributed by atoms with Gasteiger partial charge in [-0.15, -0.1) is 0 Å². The quantitative estimate of drug-likeness (QED) is 0.756. The van der Waals surface area contributed by atoms with Crippen LogP contribution in [0, 0.1) is 11.8 Å². The standard InChI is InChI=1S/C15H25N/c1-11-4-2-7-13(10-11)15(12-5-3-6-12)16-14-8-9-14/h11,13-14,16H,2-10H2,1H3/t11?,13-/m0/s1. The summed E-state index contributed by atoms with van der Waals surface area (Å²) in [6.07, 6.45) is 12.9.